The average molecular weight is 376 g/mol. The maximum atomic E-state index is 12.8. The van der Waals surface area contributed by atoms with E-state index in [4.69, 9.17) is 4.74 Å². The summed E-state index contributed by atoms with van der Waals surface area (Å²) < 4.78 is 5.15. The molecule has 1 amide bonds. The van der Waals surface area contributed by atoms with E-state index in [1.807, 2.05) is 30.3 Å². The van der Waals surface area contributed by atoms with E-state index in [9.17, 15) is 4.79 Å². The number of carbonyl (C=O) groups excluding carboxylic acids is 1. The first kappa shape index (κ1) is 19.4. The summed E-state index contributed by atoms with van der Waals surface area (Å²) in [6, 6.07) is 18.7. The Bertz CT molecular complexity index is 927. The van der Waals surface area contributed by atoms with Crippen molar-refractivity contribution in [1.82, 2.24) is 9.97 Å². The smallest absolute Gasteiger partial charge is 0.274 e. The van der Waals surface area contributed by atoms with Gasteiger partial charge in [-0.2, -0.15) is 0 Å². The molecule has 0 radical (unpaired) electrons. The van der Waals surface area contributed by atoms with E-state index in [1.54, 1.807) is 37.4 Å². The van der Waals surface area contributed by atoms with Crippen LogP contribution in [-0.4, -0.2) is 29.0 Å². The summed E-state index contributed by atoms with van der Waals surface area (Å²) in [7, 11) is 1.60. The lowest BCUT2D eigenvalue weighted by atomic mass is 10.2. The quantitative estimate of drug-likeness (QED) is 0.629. The Kier molecular flexibility index (Phi) is 6.22. The number of anilines is 2. The van der Waals surface area contributed by atoms with Crippen molar-refractivity contribution in [3.8, 4) is 17.1 Å². The summed E-state index contributed by atoms with van der Waals surface area (Å²) in [4.78, 5) is 21.9. The van der Waals surface area contributed by atoms with Crippen molar-refractivity contribution >= 4 is 17.4 Å². The van der Waals surface area contributed by atoms with E-state index in [0.717, 1.165) is 17.7 Å². The van der Waals surface area contributed by atoms with Gasteiger partial charge in [0.15, 0.2) is 5.82 Å². The van der Waals surface area contributed by atoms with Gasteiger partial charge in [0.2, 0.25) is 0 Å². The van der Waals surface area contributed by atoms with Gasteiger partial charge in [0.25, 0.3) is 5.91 Å². The highest BCUT2D eigenvalue weighted by Gasteiger charge is 2.14. The van der Waals surface area contributed by atoms with Gasteiger partial charge in [-0.3, -0.25) is 4.79 Å². The van der Waals surface area contributed by atoms with Gasteiger partial charge >= 0.3 is 0 Å². The molecule has 144 valence electrons. The zero-order chi connectivity index (χ0) is 19.9. The Hall–Kier alpha value is -3.41. The third-order valence-corrected chi connectivity index (χ3v) is 4.35. The van der Waals surface area contributed by atoms with Crippen LogP contribution in [0.15, 0.2) is 60.7 Å². The fourth-order valence-electron chi connectivity index (χ4n) is 2.58. The number of hydrogen-bond donors (Lipinski definition) is 2. The van der Waals surface area contributed by atoms with Gasteiger partial charge in [-0.1, -0.05) is 37.3 Å². The predicted molar refractivity (Wildman–Crippen MR) is 112 cm³/mol. The highest BCUT2D eigenvalue weighted by Crippen LogP contribution is 2.20. The molecule has 1 atom stereocenters. The highest BCUT2D eigenvalue weighted by atomic mass is 16.5. The molecular formula is C22H24N4O2. The molecule has 0 aliphatic carbocycles. The second kappa shape index (κ2) is 8.99. The highest BCUT2D eigenvalue weighted by molar-refractivity contribution is 6.03. The topological polar surface area (TPSA) is 76.1 Å². The lowest BCUT2D eigenvalue weighted by Gasteiger charge is -2.14. The minimum absolute atomic E-state index is 0.232. The maximum absolute atomic E-state index is 12.8. The van der Waals surface area contributed by atoms with Crippen LogP contribution >= 0.6 is 0 Å². The predicted octanol–water partition coefficient (Wildman–Crippen LogP) is 4.61. The SMILES string of the molecule is CCC(C)Nc1cc(C(=O)Nc2ccc(OC)cc2)nc(-c2ccccc2)n1. The van der Waals surface area contributed by atoms with Gasteiger partial charge in [-0.25, -0.2) is 9.97 Å². The van der Waals surface area contributed by atoms with Crippen molar-refractivity contribution in [1.29, 1.82) is 0 Å². The molecule has 0 fully saturated rings. The van der Waals surface area contributed by atoms with Crippen LogP contribution in [0.4, 0.5) is 11.5 Å². The standard InChI is InChI=1S/C22H24N4O2/c1-4-15(2)23-20-14-19(25-21(26-20)16-8-6-5-7-9-16)22(27)24-17-10-12-18(28-3)13-11-17/h5-15H,4H2,1-3H3,(H,24,27)(H,23,25,26). The van der Waals surface area contributed by atoms with Crippen LogP contribution in [0.2, 0.25) is 0 Å². The van der Waals surface area contributed by atoms with Crippen LogP contribution in [0.3, 0.4) is 0 Å². The van der Waals surface area contributed by atoms with Crippen LogP contribution in [0, 0.1) is 0 Å². The van der Waals surface area contributed by atoms with E-state index in [2.05, 4.69) is 34.4 Å². The molecule has 0 saturated heterocycles. The summed E-state index contributed by atoms with van der Waals surface area (Å²) in [6.45, 7) is 4.16. The van der Waals surface area contributed by atoms with Crippen LogP contribution in [-0.2, 0) is 0 Å². The molecule has 0 bridgehead atoms. The first-order chi connectivity index (χ1) is 13.6. The van der Waals surface area contributed by atoms with Crippen molar-refractivity contribution in [2.24, 2.45) is 0 Å². The fraction of sp³-hybridized carbons (Fsp3) is 0.227. The van der Waals surface area contributed by atoms with Crippen molar-refractivity contribution in [3.05, 3.63) is 66.4 Å². The van der Waals surface area contributed by atoms with Gasteiger partial charge < -0.3 is 15.4 Å². The average Bonchev–Trinajstić information content (AvgIpc) is 2.74. The lowest BCUT2D eigenvalue weighted by Crippen LogP contribution is -2.18. The summed E-state index contributed by atoms with van der Waals surface area (Å²) in [5, 5.41) is 6.20. The number of hydrogen-bond acceptors (Lipinski definition) is 5. The number of nitrogens with one attached hydrogen (secondary N) is 2. The molecule has 0 aliphatic rings. The molecular weight excluding hydrogens is 352 g/mol. The molecule has 2 N–H and O–H groups in total. The van der Waals surface area contributed by atoms with E-state index in [0.29, 0.717) is 23.0 Å². The Labute approximate surface area is 165 Å². The Morgan fingerprint density at radius 3 is 2.43 bits per heavy atom. The molecule has 1 heterocycles. The summed E-state index contributed by atoms with van der Waals surface area (Å²) >= 11 is 0. The van der Waals surface area contributed by atoms with Crippen LogP contribution in [0.1, 0.15) is 30.8 Å². The zero-order valence-electron chi connectivity index (χ0n) is 16.3. The number of amides is 1. The van der Waals surface area contributed by atoms with Crippen molar-refractivity contribution < 1.29 is 9.53 Å². The third-order valence-electron chi connectivity index (χ3n) is 4.35. The Balaban J connectivity index is 1.91. The van der Waals surface area contributed by atoms with Gasteiger partial charge in [0, 0.05) is 23.4 Å². The molecule has 3 aromatic rings. The largest absolute Gasteiger partial charge is 0.497 e. The van der Waals surface area contributed by atoms with Crippen LogP contribution < -0.4 is 15.4 Å². The zero-order valence-corrected chi connectivity index (χ0v) is 16.3. The second-order valence-corrected chi connectivity index (χ2v) is 6.46. The fourth-order valence-corrected chi connectivity index (χ4v) is 2.58. The monoisotopic (exact) mass is 376 g/mol. The number of nitrogens with zero attached hydrogens (tertiary/aromatic N) is 2. The molecule has 28 heavy (non-hydrogen) atoms. The lowest BCUT2D eigenvalue weighted by molar-refractivity contribution is 0.102. The molecule has 0 saturated carbocycles. The second-order valence-electron chi connectivity index (χ2n) is 6.46. The first-order valence-electron chi connectivity index (χ1n) is 9.25. The van der Waals surface area contributed by atoms with Gasteiger partial charge in [0.05, 0.1) is 7.11 Å². The number of rotatable bonds is 7. The molecule has 2 aromatic carbocycles. The van der Waals surface area contributed by atoms with E-state index in [1.165, 1.54) is 0 Å². The van der Waals surface area contributed by atoms with Crippen LogP contribution in [0.25, 0.3) is 11.4 Å². The maximum Gasteiger partial charge on any atom is 0.274 e. The van der Waals surface area contributed by atoms with Gasteiger partial charge in [-0.05, 0) is 37.6 Å². The van der Waals surface area contributed by atoms with E-state index < -0.39 is 0 Å². The minimum atomic E-state index is -0.294. The molecule has 1 unspecified atom stereocenters. The Morgan fingerprint density at radius 1 is 1.07 bits per heavy atom. The first-order valence-corrected chi connectivity index (χ1v) is 9.25. The molecule has 0 spiro atoms. The van der Waals surface area contributed by atoms with E-state index >= 15 is 0 Å². The third kappa shape index (κ3) is 4.85. The number of carbonyl (C=O) groups is 1. The summed E-state index contributed by atoms with van der Waals surface area (Å²) in [5.41, 5.74) is 1.83. The van der Waals surface area contributed by atoms with Crippen molar-refractivity contribution in [2.45, 2.75) is 26.3 Å². The number of benzene rings is 2. The molecule has 6 heteroatoms. The van der Waals surface area contributed by atoms with Gasteiger partial charge in [-0.15, -0.1) is 0 Å². The van der Waals surface area contributed by atoms with E-state index in [-0.39, 0.29) is 11.9 Å². The normalized spacial score (nSPS) is 11.5. The molecule has 1 aromatic heterocycles. The molecule has 3 rings (SSSR count). The van der Waals surface area contributed by atoms with Crippen molar-refractivity contribution in [3.63, 3.8) is 0 Å². The number of ether oxygens (including phenoxy) is 1. The summed E-state index contributed by atoms with van der Waals surface area (Å²) in [5.74, 6) is 1.57. The number of methoxy groups -OCH3 is 1. The Morgan fingerprint density at radius 2 is 1.79 bits per heavy atom. The molecule has 6 nitrogen and oxygen atoms in total. The minimum Gasteiger partial charge on any atom is -0.497 e. The molecule has 0 aliphatic heterocycles. The van der Waals surface area contributed by atoms with Gasteiger partial charge in [0.1, 0.15) is 17.3 Å². The van der Waals surface area contributed by atoms with Crippen molar-refractivity contribution in [2.75, 3.05) is 17.7 Å². The summed E-state index contributed by atoms with van der Waals surface area (Å²) in [6.07, 6.45) is 0.943. The number of aromatic nitrogens is 2. The van der Waals surface area contributed by atoms with Crippen LogP contribution in [0.5, 0.6) is 5.75 Å².